The Bertz CT molecular complexity index is 124. The number of carbonyl (C=O) groups is 1. The van der Waals surface area contributed by atoms with Gasteiger partial charge in [0.25, 0.3) is 0 Å². The Morgan fingerprint density at radius 1 is 1.50 bits per heavy atom. The summed E-state index contributed by atoms with van der Waals surface area (Å²) >= 11 is 1.30. The van der Waals surface area contributed by atoms with Crippen molar-refractivity contribution in [3.63, 3.8) is 0 Å². The van der Waals surface area contributed by atoms with E-state index in [0.717, 1.165) is 13.1 Å². The van der Waals surface area contributed by atoms with Gasteiger partial charge in [-0.1, -0.05) is 0 Å². The first kappa shape index (κ1) is 7.68. The first-order valence-electron chi connectivity index (χ1n) is 3.26. The minimum atomic E-state index is -0.475. The second kappa shape index (κ2) is 3.68. The molecule has 0 aromatic rings. The van der Waals surface area contributed by atoms with Gasteiger partial charge in [0.05, 0.1) is 0 Å². The van der Waals surface area contributed by atoms with Crippen LogP contribution in [0.15, 0.2) is 0 Å². The number of hydrogen-bond acceptors (Lipinski definition) is 3. The quantitative estimate of drug-likeness (QED) is 0.573. The summed E-state index contributed by atoms with van der Waals surface area (Å²) in [4.78, 5) is 10.2. The molecule has 0 aromatic heterocycles. The van der Waals surface area contributed by atoms with Gasteiger partial charge in [-0.05, 0) is 12.8 Å². The normalized spacial score (nSPS) is 19.2. The molecule has 0 atom stereocenters. The third kappa shape index (κ3) is 2.45. The summed E-state index contributed by atoms with van der Waals surface area (Å²) in [7, 11) is 0. The van der Waals surface area contributed by atoms with Crippen LogP contribution >= 0.6 is 12.1 Å². The molecule has 3 N–H and O–H groups in total. The number of urea groups is 1. The van der Waals surface area contributed by atoms with Gasteiger partial charge in [0, 0.05) is 25.2 Å². The monoisotopic (exact) mass is 161 g/mol. The maximum atomic E-state index is 10.2. The van der Waals surface area contributed by atoms with E-state index in [1.807, 2.05) is 0 Å². The van der Waals surface area contributed by atoms with E-state index in [1.54, 1.807) is 0 Å². The Balaban J connectivity index is 2.07. The molecule has 0 radical (unpaired) electrons. The number of nitrogens with zero attached hydrogens (tertiary/aromatic N) is 1. The summed E-state index contributed by atoms with van der Waals surface area (Å²) in [5.41, 5.74) is 4.87. The molecule has 0 aromatic carbocycles. The summed E-state index contributed by atoms with van der Waals surface area (Å²) < 4.78 is 4.56. The molecule has 58 valence electrons. The van der Waals surface area contributed by atoms with E-state index in [2.05, 4.69) is 9.03 Å². The van der Waals surface area contributed by atoms with E-state index in [0.29, 0.717) is 0 Å². The van der Waals surface area contributed by atoms with Crippen molar-refractivity contribution < 1.29 is 4.79 Å². The van der Waals surface area contributed by atoms with Crippen LogP contribution in [-0.4, -0.2) is 23.4 Å². The second-order valence-corrected chi connectivity index (χ2v) is 3.10. The molecule has 1 fully saturated rings. The third-order valence-electron chi connectivity index (χ3n) is 1.34. The van der Waals surface area contributed by atoms with Crippen LogP contribution in [0.2, 0.25) is 0 Å². The van der Waals surface area contributed by atoms with Crippen molar-refractivity contribution in [1.29, 1.82) is 0 Å². The molecule has 0 saturated carbocycles. The molecular formula is C5H11N3OS. The molecule has 1 rings (SSSR count). The highest BCUT2D eigenvalue weighted by molar-refractivity contribution is 7.95. The van der Waals surface area contributed by atoms with Gasteiger partial charge in [-0.2, -0.15) is 0 Å². The highest BCUT2D eigenvalue weighted by Gasteiger charge is 2.11. The molecule has 2 amide bonds. The zero-order chi connectivity index (χ0) is 7.40. The summed E-state index contributed by atoms with van der Waals surface area (Å²) in [6.45, 7) is 2.09. The Hall–Kier alpha value is -0.420. The zero-order valence-electron chi connectivity index (χ0n) is 5.67. The standard InChI is InChI=1S/C5H11N3OS/c6-5(9)7-10-8-3-1-2-4-8/h1-4H2,(H3,6,7,9). The van der Waals surface area contributed by atoms with E-state index in [-0.39, 0.29) is 0 Å². The highest BCUT2D eigenvalue weighted by atomic mass is 32.2. The van der Waals surface area contributed by atoms with Crippen molar-refractivity contribution in [2.45, 2.75) is 12.8 Å². The molecule has 1 saturated heterocycles. The van der Waals surface area contributed by atoms with E-state index >= 15 is 0 Å². The van der Waals surface area contributed by atoms with Crippen molar-refractivity contribution >= 4 is 18.2 Å². The average Bonchev–Trinajstić information content (AvgIpc) is 2.34. The van der Waals surface area contributed by atoms with Crippen LogP contribution in [0.5, 0.6) is 0 Å². The summed E-state index contributed by atoms with van der Waals surface area (Å²) in [6.07, 6.45) is 2.43. The predicted octanol–water partition coefficient (Wildman–Crippen LogP) is 0.314. The van der Waals surface area contributed by atoms with Gasteiger partial charge in [0.1, 0.15) is 0 Å². The fraction of sp³-hybridized carbons (Fsp3) is 0.800. The van der Waals surface area contributed by atoms with Gasteiger partial charge < -0.3 is 5.73 Å². The summed E-state index contributed by atoms with van der Waals surface area (Å²) in [6, 6.07) is -0.475. The molecule has 4 nitrogen and oxygen atoms in total. The molecule has 0 unspecified atom stereocenters. The number of hydrogen-bond donors (Lipinski definition) is 2. The number of rotatable bonds is 2. The molecular weight excluding hydrogens is 150 g/mol. The number of amides is 2. The maximum absolute atomic E-state index is 10.2. The van der Waals surface area contributed by atoms with Crippen LogP contribution in [0.25, 0.3) is 0 Å². The Kier molecular flexibility index (Phi) is 2.82. The van der Waals surface area contributed by atoms with Crippen LogP contribution in [0.4, 0.5) is 4.79 Å². The van der Waals surface area contributed by atoms with Crippen molar-refractivity contribution in [3.05, 3.63) is 0 Å². The minimum absolute atomic E-state index is 0.475. The van der Waals surface area contributed by atoms with E-state index in [1.165, 1.54) is 25.0 Å². The molecule has 10 heavy (non-hydrogen) atoms. The minimum Gasteiger partial charge on any atom is -0.351 e. The highest BCUT2D eigenvalue weighted by Crippen LogP contribution is 2.14. The van der Waals surface area contributed by atoms with Crippen LogP contribution < -0.4 is 10.5 Å². The average molecular weight is 161 g/mol. The van der Waals surface area contributed by atoms with E-state index in [9.17, 15) is 4.79 Å². The van der Waals surface area contributed by atoms with Gasteiger partial charge in [-0.3, -0.25) is 4.72 Å². The molecule has 1 aliphatic heterocycles. The fourth-order valence-electron chi connectivity index (χ4n) is 0.889. The smallest absolute Gasteiger partial charge is 0.323 e. The topological polar surface area (TPSA) is 58.4 Å². The zero-order valence-corrected chi connectivity index (χ0v) is 6.49. The predicted molar refractivity (Wildman–Crippen MR) is 41.1 cm³/mol. The lowest BCUT2D eigenvalue weighted by molar-refractivity contribution is 0.254. The largest absolute Gasteiger partial charge is 0.351 e. The maximum Gasteiger partial charge on any atom is 0.323 e. The van der Waals surface area contributed by atoms with Gasteiger partial charge >= 0.3 is 6.03 Å². The lowest BCUT2D eigenvalue weighted by Crippen LogP contribution is -2.27. The first-order chi connectivity index (χ1) is 4.79. The van der Waals surface area contributed by atoms with Crippen LogP contribution in [-0.2, 0) is 0 Å². The molecule has 1 aliphatic rings. The molecule has 0 spiro atoms. The van der Waals surface area contributed by atoms with E-state index in [4.69, 9.17) is 5.73 Å². The van der Waals surface area contributed by atoms with Gasteiger partial charge in [-0.25, -0.2) is 9.10 Å². The number of carbonyl (C=O) groups excluding carboxylic acids is 1. The van der Waals surface area contributed by atoms with Crippen molar-refractivity contribution in [2.75, 3.05) is 13.1 Å². The summed E-state index contributed by atoms with van der Waals surface area (Å²) in [5, 5.41) is 0. The number of nitrogens with two attached hydrogens (primary N) is 1. The Morgan fingerprint density at radius 2 is 2.10 bits per heavy atom. The second-order valence-electron chi connectivity index (χ2n) is 2.19. The molecule has 5 heteroatoms. The molecule has 1 heterocycles. The molecule has 0 aliphatic carbocycles. The van der Waals surface area contributed by atoms with Crippen LogP contribution in [0.1, 0.15) is 12.8 Å². The third-order valence-corrected chi connectivity index (χ3v) is 2.26. The number of nitrogens with one attached hydrogen (secondary N) is 1. The van der Waals surface area contributed by atoms with Gasteiger partial charge in [0.2, 0.25) is 0 Å². The number of primary amides is 1. The van der Waals surface area contributed by atoms with E-state index < -0.39 is 6.03 Å². The Labute approximate surface area is 64.4 Å². The van der Waals surface area contributed by atoms with Crippen molar-refractivity contribution in [2.24, 2.45) is 5.73 Å². The van der Waals surface area contributed by atoms with Crippen LogP contribution in [0.3, 0.4) is 0 Å². The SMILES string of the molecule is NC(=O)NSN1CCCC1. The lowest BCUT2D eigenvalue weighted by Gasteiger charge is -2.11. The van der Waals surface area contributed by atoms with Crippen molar-refractivity contribution in [1.82, 2.24) is 9.03 Å². The van der Waals surface area contributed by atoms with Gasteiger partial charge in [0.15, 0.2) is 0 Å². The summed E-state index contributed by atoms with van der Waals surface area (Å²) in [5.74, 6) is 0. The van der Waals surface area contributed by atoms with Crippen LogP contribution in [0, 0.1) is 0 Å². The first-order valence-corrected chi connectivity index (χ1v) is 4.04. The molecule has 0 bridgehead atoms. The fourth-order valence-corrected chi connectivity index (χ4v) is 1.55. The van der Waals surface area contributed by atoms with Crippen molar-refractivity contribution in [3.8, 4) is 0 Å². The lowest BCUT2D eigenvalue weighted by atomic mass is 10.4. The Morgan fingerprint density at radius 3 is 2.60 bits per heavy atom. The van der Waals surface area contributed by atoms with Gasteiger partial charge in [-0.15, -0.1) is 0 Å².